The highest BCUT2D eigenvalue weighted by molar-refractivity contribution is 7.13. The van der Waals surface area contributed by atoms with Gasteiger partial charge in [-0.15, -0.1) is 11.3 Å². The molecule has 25 heavy (non-hydrogen) atoms. The summed E-state index contributed by atoms with van der Waals surface area (Å²) in [5.41, 5.74) is 5.92. The molecular weight excluding hydrogens is 332 g/mol. The number of imidazole rings is 1. The lowest BCUT2D eigenvalue weighted by molar-refractivity contribution is 0.422. The van der Waals surface area contributed by atoms with Crippen LogP contribution in [0.4, 0.5) is 0 Å². The topological polar surface area (TPSA) is 56.7 Å². The van der Waals surface area contributed by atoms with Crippen LogP contribution in [0.15, 0.2) is 77.2 Å². The molecule has 0 aliphatic rings. The first kappa shape index (κ1) is 14.1. The number of thiazole rings is 1. The van der Waals surface area contributed by atoms with Crippen LogP contribution in [0.3, 0.4) is 0 Å². The molecule has 0 saturated heterocycles. The summed E-state index contributed by atoms with van der Waals surface area (Å²) in [6, 6.07) is 16.3. The molecule has 0 bridgehead atoms. The zero-order chi connectivity index (χ0) is 16.6. The molecular formula is C19H12N4OS. The van der Waals surface area contributed by atoms with Gasteiger partial charge in [0, 0.05) is 34.5 Å². The third kappa shape index (κ3) is 2.43. The molecule has 0 radical (unpaired) electrons. The van der Waals surface area contributed by atoms with Crippen LogP contribution in [-0.4, -0.2) is 19.7 Å². The Kier molecular flexibility index (Phi) is 3.21. The number of nitrogens with zero attached hydrogens (tertiary/aromatic N) is 4. The summed E-state index contributed by atoms with van der Waals surface area (Å²) >= 11 is 1.63. The summed E-state index contributed by atoms with van der Waals surface area (Å²) in [5, 5.41) is 6.98. The minimum absolute atomic E-state index is 0.808. The Balaban J connectivity index is 1.61. The van der Waals surface area contributed by atoms with E-state index >= 15 is 0 Å². The van der Waals surface area contributed by atoms with Crippen LogP contribution in [0.5, 0.6) is 0 Å². The molecule has 3 aromatic heterocycles. The summed E-state index contributed by atoms with van der Waals surface area (Å²) < 4.78 is 7.01. The number of hydrogen-bond acceptors (Lipinski definition) is 5. The van der Waals surface area contributed by atoms with Gasteiger partial charge in [0.2, 0.25) is 0 Å². The lowest BCUT2D eigenvalue weighted by Crippen LogP contribution is -1.92. The summed E-state index contributed by atoms with van der Waals surface area (Å²) in [4.78, 5) is 8.94. The Hall–Kier alpha value is -3.25. The van der Waals surface area contributed by atoms with Crippen LogP contribution in [0, 0.1) is 0 Å². The highest BCUT2D eigenvalue weighted by Gasteiger charge is 2.09. The van der Waals surface area contributed by atoms with Gasteiger partial charge in [-0.05, 0) is 24.3 Å². The monoisotopic (exact) mass is 344 g/mol. The molecule has 0 atom stereocenters. The molecule has 0 aliphatic heterocycles. The van der Waals surface area contributed by atoms with Gasteiger partial charge in [-0.3, -0.25) is 4.57 Å². The zero-order valence-corrected chi connectivity index (χ0v) is 13.9. The first-order valence-corrected chi connectivity index (χ1v) is 8.65. The van der Waals surface area contributed by atoms with Crippen LogP contribution in [0.25, 0.3) is 38.5 Å². The Morgan fingerprint density at radius 1 is 0.960 bits per heavy atom. The first-order chi connectivity index (χ1) is 12.4. The molecule has 0 saturated carbocycles. The minimum Gasteiger partial charge on any atom is -0.364 e. The SMILES string of the molecule is c1cc(-c2nccs2)cc(-n2cnc3cc(-c4ccon4)ccc32)c1. The van der Waals surface area contributed by atoms with Crippen molar-refractivity contribution < 1.29 is 4.52 Å². The maximum Gasteiger partial charge on any atom is 0.124 e. The van der Waals surface area contributed by atoms with Crippen molar-refractivity contribution in [2.24, 2.45) is 0 Å². The fraction of sp³-hybridized carbons (Fsp3) is 0. The molecule has 5 nitrogen and oxygen atoms in total. The van der Waals surface area contributed by atoms with E-state index < -0.39 is 0 Å². The zero-order valence-electron chi connectivity index (χ0n) is 13.0. The van der Waals surface area contributed by atoms with E-state index in [0.29, 0.717) is 0 Å². The van der Waals surface area contributed by atoms with Crippen LogP contribution in [-0.2, 0) is 0 Å². The predicted octanol–water partition coefficient (Wildman–Crippen LogP) is 4.80. The molecule has 2 aromatic carbocycles. The number of aromatic nitrogens is 4. The number of rotatable bonds is 3. The van der Waals surface area contributed by atoms with E-state index in [1.807, 2.05) is 42.2 Å². The Morgan fingerprint density at radius 2 is 1.96 bits per heavy atom. The highest BCUT2D eigenvalue weighted by Crippen LogP contribution is 2.27. The van der Waals surface area contributed by atoms with Crippen molar-refractivity contribution in [1.82, 2.24) is 19.7 Å². The van der Waals surface area contributed by atoms with E-state index in [1.54, 1.807) is 17.6 Å². The van der Waals surface area contributed by atoms with Crippen molar-refractivity contribution in [3.8, 4) is 27.5 Å². The second-order valence-corrected chi connectivity index (χ2v) is 6.48. The van der Waals surface area contributed by atoms with Gasteiger partial charge in [-0.2, -0.15) is 0 Å². The smallest absolute Gasteiger partial charge is 0.124 e. The fourth-order valence-corrected chi connectivity index (χ4v) is 3.53. The Labute approximate surface area is 147 Å². The Morgan fingerprint density at radius 3 is 2.80 bits per heavy atom. The second-order valence-electron chi connectivity index (χ2n) is 5.59. The summed E-state index contributed by atoms with van der Waals surface area (Å²) in [7, 11) is 0. The number of hydrogen-bond donors (Lipinski definition) is 0. The standard InChI is InChI=1S/C19H12N4OS/c1-2-14(19-20-7-9-25-19)10-15(3-1)23-12-21-17-11-13(4-5-18(17)23)16-6-8-24-22-16/h1-12H. The molecule has 3 heterocycles. The minimum atomic E-state index is 0.808. The van der Waals surface area contributed by atoms with Crippen molar-refractivity contribution in [1.29, 1.82) is 0 Å². The molecule has 0 N–H and O–H groups in total. The van der Waals surface area contributed by atoms with Gasteiger partial charge in [0.05, 0.1) is 11.0 Å². The molecule has 0 fully saturated rings. The maximum atomic E-state index is 4.92. The lowest BCUT2D eigenvalue weighted by atomic mass is 10.1. The van der Waals surface area contributed by atoms with E-state index in [0.717, 1.165) is 38.5 Å². The van der Waals surface area contributed by atoms with E-state index in [9.17, 15) is 0 Å². The van der Waals surface area contributed by atoms with E-state index in [4.69, 9.17) is 4.52 Å². The second kappa shape index (κ2) is 5.68. The fourth-order valence-electron chi connectivity index (χ4n) is 2.89. The van der Waals surface area contributed by atoms with Gasteiger partial charge in [-0.25, -0.2) is 9.97 Å². The van der Waals surface area contributed by atoms with Crippen molar-refractivity contribution in [3.63, 3.8) is 0 Å². The van der Waals surface area contributed by atoms with Crippen LogP contribution < -0.4 is 0 Å². The average Bonchev–Trinajstić information content (AvgIpc) is 3.42. The molecule has 6 heteroatoms. The third-order valence-corrected chi connectivity index (χ3v) is 4.91. The van der Waals surface area contributed by atoms with E-state index in [-0.39, 0.29) is 0 Å². The van der Waals surface area contributed by atoms with Crippen LogP contribution >= 0.6 is 11.3 Å². The number of fused-ring (bicyclic) bond motifs is 1. The van der Waals surface area contributed by atoms with Crippen molar-refractivity contribution >= 4 is 22.4 Å². The van der Waals surface area contributed by atoms with Crippen molar-refractivity contribution in [2.75, 3.05) is 0 Å². The predicted molar refractivity (Wildman–Crippen MR) is 97.7 cm³/mol. The van der Waals surface area contributed by atoms with Crippen LogP contribution in [0.1, 0.15) is 0 Å². The Bertz CT molecular complexity index is 1140. The van der Waals surface area contributed by atoms with Gasteiger partial charge in [-0.1, -0.05) is 23.4 Å². The first-order valence-electron chi connectivity index (χ1n) is 7.77. The van der Waals surface area contributed by atoms with Crippen molar-refractivity contribution in [2.45, 2.75) is 0 Å². The van der Waals surface area contributed by atoms with Gasteiger partial charge in [0.1, 0.15) is 23.3 Å². The average molecular weight is 344 g/mol. The van der Waals surface area contributed by atoms with Gasteiger partial charge < -0.3 is 4.52 Å². The molecule has 0 amide bonds. The normalized spacial score (nSPS) is 11.2. The largest absolute Gasteiger partial charge is 0.364 e. The van der Waals surface area contributed by atoms with Gasteiger partial charge >= 0.3 is 0 Å². The van der Waals surface area contributed by atoms with Crippen molar-refractivity contribution in [3.05, 3.63) is 72.7 Å². The third-order valence-electron chi connectivity index (χ3n) is 4.08. The highest BCUT2D eigenvalue weighted by atomic mass is 32.1. The number of benzene rings is 2. The van der Waals surface area contributed by atoms with E-state index in [2.05, 4.69) is 44.0 Å². The van der Waals surface area contributed by atoms with Gasteiger partial charge in [0.25, 0.3) is 0 Å². The van der Waals surface area contributed by atoms with Crippen LogP contribution in [0.2, 0.25) is 0 Å². The van der Waals surface area contributed by atoms with E-state index in [1.165, 1.54) is 0 Å². The molecule has 0 unspecified atom stereocenters. The summed E-state index contributed by atoms with van der Waals surface area (Å²) in [5.74, 6) is 0. The summed E-state index contributed by atoms with van der Waals surface area (Å²) in [6.45, 7) is 0. The lowest BCUT2D eigenvalue weighted by Gasteiger charge is -2.06. The molecule has 0 spiro atoms. The molecule has 0 aliphatic carbocycles. The molecule has 5 aromatic rings. The summed E-state index contributed by atoms with van der Waals surface area (Å²) in [6.07, 6.45) is 5.24. The maximum absolute atomic E-state index is 4.92. The molecule has 5 rings (SSSR count). The molecule has 120 valence electrons. The quantitative estimate of drug-likeness (QED) is 0.471. The van der Waals surface area contributed by atoms with Gasteiger partial charge in [0.15, 0.2) is 0 Å².